The Hall–Kier alpha value is -1.52. The maximum absolute atomic E-state index is 8.79. The Morgan fingerprint density at radius 2 is 1.87 bits per heavy atom. The highest BCUT2D eigenvalue weighted by molar-refractivity contribution is 6.34. The van der Waals surface area contributed by atoms with Gasteiger partial charge in [0.2, 0.25) is 0 Å². The van der Waals surface area contributed by atoms with Gasteiger partial charge in [-0.05, 0) is 23.9 Å². The normalized spacial score (nSPS) is 10.3. The fourth-order valence-electron chi connectivity index (χ4n) is 1.63. The largest absolute Gasteiger partial charge is 0.707 e. The second-order valence-electron chi connectivity index (χ2n) is 3.43. The van der Waals surface area contributed by atoms with E-state index in [4.69, 9.17) is 14.7 Å². The van der Waals surface area contributed by atoms with Crippen LogP contribution in [-0.4, -0.2) is 17.4 Å². The van der Waals surface area contributed by atoms with Gasteiger partial charge in [0.05, 0.1) is 0 Å². The number of benzene rings is 2. The van der Waals surface area contributed by atoms with Crippen molar-refractivity contribution in [3.8, 4) is 5.75 Å². The summed E-state index contributed by atoms with van der Waals surface area (Å²) in [6.07, 6.45) is 0. The maximum Gasteiger partial charge on any atom is 0.707 e. The minimum absolute atomic E-state index is 0.487. The van der Waals surface area contributed by atoms with Crippen LogP contribution in [0.3, 0.4) is 0 Å². The third kappa shape index (κ3) is 2.11. The summed E-state index contributed by atoms with van der Waals surface area (Å²) in [6, 6.07) is 11.5. The van der Waals surface area contributed by atoms with Gasteiger partial charge in [-0.25, -0.2) is 0 Å². The molecular formula is C11H11BO3. The van der Waals surface area contributed by atoms with Crippen molar-refractivity contribution in [2.75, 3.05) is 0 Å². The molecule has 0 heterocycles. The molecule has 76 valence electrons. The highest BCUT2D eigenvalue weighted by Crippen LogP contribution is 2.27. The molecule has 0 bridgehead atoms. The molecule has 2 N–H and O–H groups in total. The Morgan fingerprint density at radius 1 is 1.13 bits per heavy atom. The van der Waals surface area contributed by atoms with E-state index in [0.29, 0.717) is 5.75 Å². The summed E-state index contributed by atoms with van der Waals surface area (Å²) in [4.78, 5) is 0. The number of rotatable bonds is 2. The molecule has 0 spiro atoms. The molecular weight excluding hydrogens is 191 g/mol. The van der Waals surface area contributed by atoms with Crippen LogP contribution >= 0.6 is 0 Å². The van der Waals surface area contributed by atoms with Crippen molar-refractivity contribution in [3.05, 3.63) is 42.0 Å². The molecule has 15 heavy (non-hydrogen) atoms. The molecule has 0 aromatic heterocycles. The average Bonchev–Trinajstić information content (AvgIpc) is 2.16. The van der Waals surface area contributed by atoms with Crippen LogP contribution in [-0.2, 0) is 0 Å². The predicted octanol–water partition coefficient (Wildman–Crippen LogP) is 1.50. The van der Waals surface area contributed by atoms with Crippen LogP contribution in [0.15, 0.2) is 36.4 Å². The molecule has 0 unspecified atom stereocenters. The van der Waals surface area contributed by atoms with Crippen LogP contribution in [0.25, 0.3) is 10.8 Å². The molecule has 2 aromatic carbocycles. The molecule has 0 aliphatic carbocycles. The molecule has 0 fully saturated rings. The van der Waals surface area contributed by atoms with Crippen molar-refractivity contribution in [2.45, 2.75) is 6.92 Å². The predicted molar refractivity (Wildman–Crippen MR) is 59.5 cm³/mol. The fourth-order valence-corrected chi connectivity index (χ4v) is 1.63. The zero-order chi connectivity index (χ0) is 10.8. The Kier molecular flexibility index (Phi) is 2.62. The first-order chi connectivity index (χ1) is 7.16. The number of aryl methyl sites for hydroxylation is 1. The molecule has 4 heteroatoms. The van der Waals surface area contributed by atoms with E-state index in [1.165, 1.54) is 0 Å². The van der Waals surface area contributed by atoms with E-state index in [1.807, 2.05) is 37.3 Å². The van der Waals surface area contributed by atoms with Crippen LogP contribution in [0.2, 0.25) is 0 Å². The molecule has 0 saturated heterocycles. The van der Waals surface area contributed by atoms with Gasteiger partial charge < -0.3 is 14.7 Å². The second kappa shape index (κ2) is 3.92. The number of hydrogen-bond donors (Lipinski definition) is 2. The third-order valence-corrected chi connectivity index (χ3v) is 2.20. The van der Waals surface area contributed by atoms with Crippen molar-refractivity contribution in [1.29, 1.82) is 0 Å². The zero-order valence-corrected chi connectivity index (χ0v) is 8.34. The zero-order valence-electron chi connectivity index (χ0n) is 8.34. The second-order valence-corrected chi connectivity index (χ2v) is 3.43. The Labute approximate surface area is 88.1 Å². The molecule has 0 amide bonds. The lowest BCUT2D eigenvalue weighted by molar-refractivity contribution is 0.289. The summed E-state index contributed by atoms with van der Waals surface area (Å²) < 4.78 is 4.92. The highest BCUT2D eigenvalue weighted by Gasteiger charge is 2.13. The first kappa shape index (κ1) is 10.0. The van der Waals surface area contributed by atoms with E-state index in [2.05, 4.69) is 0 Å². The van der Waals surface area contributed by atoms with Crippen molar-refractivity contribution in [2.24, 2.45) is 0 Å². The van der Waals surface area contributed by atoms with Crippen LogP contribution in [0.4, 0.5) is 0 Å². The molecule has 0 radical (unpaired) electrons. The molecule has 3 nitrogen and oxygen atoms in total. The van der Waals surface area contributed by atoms with Gasteiger partial charge in [0.25, 0.3) is 0 Å². The molecule has 0 aliphatic rings. The summed E-state index contributed by atoms with van der Waals surface area (Å²) in [5.74, 6) is 0.487. The van der Waals surface area contributed by atoms with E-state index in [-0.39, 0.29) is 0 Å². The monoisotopic (exact) mass is 202 g/mol. The van der Waals surface area contributed by atoms with E-state index in [1.54, 1.807) is 6.07 Å². The Bertz CT molecular complexity index is 482. The molecule has 0 saturated carbocycles. The van der Waals surface area contributed by atoms with Gasteiger partial charge in [0, 0.05) is 5.39 Å². The summed E-state index contributed by atoms with van der Waals surface area (Å²) in [6.45, 7) is 1.93. The minimum Gasteiger partial charge on any atom is -0.511 e. The summed E-state index contributed by atoms with van der Waals surface area (Å²) in [7, 11) is -1.78. The van der Waals surface area contributed by atoms with Crippen LogP contribution in [0.1, 0.15) is 5.56 Å². The van der Waals surface area contributed by atoms with Crippen molar-refractivity contribution < 1.29 is 14.7 Å². The van der Waals surface area contributed by atoms with Gasteiger partial charge in [-0.1, -0.05) is 30.3 Å². The summed E-state index contributed by atoms with van der Waals surface area (Å²) in [5, 5.41) is 19.5. The van der Waals surface area contributed by atoms with Crippen LogP contribution in [0, 0.1) is 6.92 Å². The van der Waals surface area contributed by atoms with E-state index in [9.17, 15) is 0 Å². The standard InChI is InChI=1S/C11H11BO3/c1-8-6-9-4-2-3-5-10(9)11(7-8)15-12(13)14/h2-7,13-14H,1H3. The van der Waals surface area contributed by atoms with Gasteiger partial charge in [-0.15, -0.1) is 0 Å². The van der Waals surface area contributed by atoms with Gasteiger partial charge in [0.1, 0.15) is 5.75 Å². The summed E-state index contributed by atoms with van der Waals surface area (Å²) in [5.41, 5.74) is 1.02. The van der Waals surface area contributed by atoms with E-state index >= 15 is 0 Å². The van der Waals surface area contributed by atoms with E-state index in [0.717, 1.165) is 16.3 Å². The van der Waals surface area contributed by atoms with Gasteiger partial charge >= 0.3 is 7.32 Å². The van der Waals surface area contributed by atoms with Gasteiger partial charge in [-0.2, -0.15) is 0 Å². The number of hydrogen-bond acceptors (Lipinski definition) is 3. The lowest BCUT2D eigenvalue weighted by Gasteiger charge is -2.09. The van der Waals surface area contributed by atoms with Gasteiger partial charge in [-0.3, -0.25) is 0 Å². The van der Waals surface area contributed by atoms with E-state index < -0.39 is 7.32 Å². The van der Waals surface area contributed by atoms with Crippen molar-refractivity contribution in [1.82, 2.24) is 0 Å². The minimum atomic E-state index is -1.78. The SMILES string of the molecule is Cc1cc(OB(O)O)c2ccccc2c1. The van der Waals surface area contributed by atoms with Gasteiger partial charge in [0.15, 0.2) is 0 Å². The maximum atomic E-state index is 8.79. The fraction of sp³-hybridized carbons (Fsp3) is 0.0909. The molecule has 0 aliphatic heterocycles. The van der Waals surface area contributed by atoms with Crippen molar-refractivity contribution in [3.63, 3.8) is 0 Å². The average molecular weight is 202 g/mol. The topological polar surface area (TPSA) is 49.7 Å². The first-order valence-corrected chi connectivity index (χ1v) is 4.69. The first-order valence-electron chi connectivity index (χ1n) is 4.69. The van der Waals surface area contributed by atoms with Crippen LogP contribution in [0.5, 0.6) is 5.75 Å². The van der Waals surface area contributed by atoms with Crippen molar-refractivity contribution >= 4 is 18.1 Å². The highest BCUT2D eigenvalue weighted by atomic mass is 16.6. The third-order valence-electron chi connectivity index (χ3n) is 2.20. The summed E-state index contributed by atoms with van der Waals surface area (Å²) >= 11 is 0. The molecule has 2 aromatic rings. The molecule has 0 atom stereocenters. The Morgan fingerprint density at radius 3 is 2.60 bits per heavy atom. The molecule has 2 rings (SSSR count). The smallest absolute Gasteiger partial charge is 0.511 e. The number of fused-ring (bicyclic) bond motifs is 1. The lowest BCUT2D eigenvalue weighted by Crippen LogP contribution is -2.20. The van der Waals surface area contributed by atoms with Crippen LogP contribution < -0.4 is 4.65 Å². The lowest BCUT2D eigenvalue weighted by atomic mass is 10.1. The quantitative estimate of drug-likeness (QED) is 0.725. The Balaban J connectivity index is 2.60.